The van der Waals surface area contributed by atoms with E-state index in [0.717, 1.165) is 27.9 Å². The number of benzene rings is 1. The summed E-state index contributed by atoms with van der Waals surface area (Å²) < 4.78 is 9.91. The minimum absolute atomic E-state index is 0.137. The Morgan fingerprint density at radius 3 is 2.72 bits per heavy atom. The molecule has 0 bridgehead atoms. The van der Waals surface area contributed by atoms with Crippen molar-refractivity contribution < 1.29 is 4.52 Å². The quantitative estimate of drug-likeness (QED) is 0.595. The molecule has 4 heteroatoms. The maximum atomic E-state index is 5.20. The second kappa shape index (κ2) is 4.76. The highest BCUT2D eigenvalue weighted by Gasteiger charge is 2.11. The molecular formula is C14H18N2OS. The molecule has 0 saturated heterocycles. The zero-order valence-electron chi connectivity index (χ0n) is 11.4. The Morgan fingerprint density at radius 1 is 1.33 bits per heavy atom. The van der Waals surface area contributed by atoms with Crippen LogP contribution < -0.4 is 0 Å². The molecule has 0 unspecified atom stereocenters. The van der Waals surface area contributed by atoms with Crippen molar-refractivity contribution in [1.82, 2.24) is 5.16 Å². The maximum absolute atomic E-state index is 5.20. The van der Waals surface area contributed by atoms with Gasteiger partial charge >= 0.3 is 0 Å². The van der Waals surface area contributed by atoms with Crippen LogP contribution in [0.25, 0.3) is 11.0 Å². The molecule has 0 spiro atoms. The molecule has 0 aliphatic heterocycles. The third-order valence-corrected chi connectivity index (χ3v) is 3.44. The molecule has 2 rings (SSSR count). The van der Waals surface area contributed by atoms with Crippen molar-refractivity contribution in [2.24, 2.45) is 4.40 Å². The van der Waals surface area contributed by atoms with E-state index in [1.54, 1.807) is 11.9 Å². The lowest BCUT2D eigenvalue weighted by Crippen LogP contribution is -2.06. The van der Waals surface area contributed by atoms with Crippen LogP contribution in [0.15, 0.2) is 27.1 Å². The average molecular weight is 262 g/mol. The molecule has 18 heavy (non-hydrogen) atoms. The van der Waals surface area contributed by atoms with E-state index >= 15 is 0 Å². The van der Waals surface area contributed by atoms with Crippen LogP contribution in [0, 0.1) is 6.92 Å². The largest absolute Gasteiger partial charge is 0.356 e. The number of aryl methyl sites for hydroxylation is 1. The van der Waals surface area contributed by atoms with Crippen LogP contribution in [-0.4, -0.2) is 15.6 Å². The lowest BCUT2D eigenvalue weighted by Gasteiger charge is -2.13. The van der Waals surface area contributed by atoms with Crippen molar-refractivity contribution in [1.29, 1.82) is 0 Å². The molecule has 1 aromatic heterocycles. The van der Waals surface area contributed by atoms with Crippen molar-refractivity contribution >= 4 is 28.6 Å². The smallest absolute Gasteiger partial charge is 0.167 e. The fourth-order valence-corrected chi connectivity index (χ4v) is 2.06. The van der Waals surface area contributed by atoms with Crippen LogP contribution in [0.4, 0.5) is 0 Å². The van der Waals surface area contributed by atoms with Crippen LogP contribution in [0.5, 0.6) is 0 Å². The van der Waals surface area contributed by atoms with Gasteiger partial charge in [-0.15, -0.1) is 0 Å². The van der Waals surface area contributed by atoms with E-state index in [0.29, 0.717) is 0 Å². The standard InChI is InChI=1S/C14H18N2OS/c1-9(16-18-14(3,4)5)11-6-7-13-12(8-11)10(2)15-17-13/h6-8H,1-5H3. The van der Waals surface area contributed by atoms with Gasteiger partial charge < -0.3 is 4.52 Å². The Morgan fingerprint density at radius 2 is 2.06 bits per heavy atom. The fourth-order valence-electron chi connectivity index (χ4n) is 1.54. The van der Waals surface area contributed by atoms with E-state index in [1.165, 1.54) is 0 Å². The van der Waals surface area contributed by atoms with Gasteiger partial charge in [0, 0.05) is 10.1 Å². The average Bonchev–Trinajstić information content (AvgIpc) is 2.67. The molecular weight excluding hydrogens is 244 g/mol. The lowest BCUT2D eigenvalue weighted by molar-refractivity contribution is 0.450. The second-order valence-corrected chi connectivity index (χ2v) is 6.95. The van der Waals surface area contributed by atoms with Gasteiger partial charge in [0.15, 0.2) is 5.58 Å². The highest BCUT2D eigenvalue weighted by Crippen LogP contribution is 2.26. The molecule has 0 saturated carbocycles. The Hall–Kier alpha value is -1.29. The molecule has 0 amide bonds. The number of aromatic nitrogens is 1. The van der Waals surface area contributed by atoms with E-state index in [1.807, 2.05) is 26.0 Å². The molecule has 0 aliphatic rings. The minimum Gasteiger partial charge on any atom is -0.356 e. The van der Waals surface area contributed by atoms with Gasteiger partial charge in [0.1, 0.15) is 0 Å². The number of rotatable bonds is 2. The first-order valence-electron chi connectivity index (χ1n) is 5.96. The highest BCUT2D eigenvalue weighted by molar-refractivity contribution is 7.99. The van der Waals surface area contributed by atoms with Crippen LogP contribution in [-0.2, 0) is 0 Å². The zero-order chi connectivity index (χ0) is 13.3. The molecule has 3 nitrogen and oxygen atoms in total. The SMILES string of the molecule is CC(=NSC(C)(C)C)c1ccc2onc(C)c2c1. The van der Waals surface area contributed by atoms with E-state index < -0.39 is 0 Å². The minimum atomic E-state index is 0.137. The van der Waals surface area contributed by atoms with Crippen molar-refractivity contribution in [3.63, 3.8) is 0 Å². The van der Waals surface area contributed by atoms with E-state index in [-0.39, 0.29) is 4.75 Å². The van der Waals surface area contributed by atoms with Crippen molar-refractivity contribution in [3.05, 3.63) is 29.5 Å². The predicted molar refractivity (Wildman–Crippen MR) is 78.3 cm³/mol. The first-order valence-corrected chi connectivity index (χ1v) is 6.73. The topological polar surface area (TPSA) is 38.4 Å². The Labute approximate surface area is 112 Å². The first-order chi connectivity index (χ1) is 8.37. The van der Waals surface area contributed by atoms with Gasteiger partial charge in [-0.05, 0) is 70.3 Å². The summed E-state index contributed by atoms with van der Waals surface area (Å²) in [6, 6.07) is 6.06. The van der Waals surface area contributed by atoms with E-state index in [4.69, 9.17) is 4.52 Å². The maximum Gasteiger partial charge on any atom is 0.167 e. The van der Waals surface area contributed by atoms with Crippen LogP contribution in [0.1, 0.15) is 39.0 Å². The number of hydrogen-bond donors (Lipinski definition) is 0. The van der Waals surface area contributed by atoms with Gasteiger partial charge in [-0.3, -0.25) is 0 Å². The Bertz CT molecular complexity index is 593. The summed E-state index contributed by atoms with van der Waals surface area (Å²) in [5.74, 6) is 0. The van der Waals surface area contributed by atoms with E-state index in [2.05, 4.69) is 36.4 Å². The molecule has 0 aliphatic carbocycles. The highest BCUT2D eigenvalue weighted by atomic mass is 32.2. The van der Waals surface area contributed by atoms with Gasteiger partial charge in [0.25, 0.3) is 0 Å². The van der Waals surface area contributed by atoms with Crippen molar-refractivity contribution in [2.45, 2.75) is 39.4 Å². The summed E-state index contributed by atoms with van der Waals surface area (Å²) in [4.78, 5) is 0. The third kappa shape index (κ3) is 2.93. The summed E-state index contributed by atoms with van der Waals surface area (Å²) in [5.41, 5.74) is 3.89. The van der Waals surface area contributed by atoms with Gasteiger partial charge in [-0.1, -0.05) is 5.16 Å². The zero-order valence-corrected chi connectivity index (χ0v) is 12.3. The summed E-state index contributed by atoms with van der Waals surface area (Å²) >= 11 is 1.60. The molecule has 0 fully saturated rings. The Kier molecular flexibility index (Phi) is 3.48. The van der Waals surface area contributed by atoms with Crippen molar-refractivity contribution in [2.75, 3.05) is 0 Å². The fraction of sp³-hybridized carbons (Fsp3) is 0.429. The summed E-state index contributed by atoms with van der Waals surface area (Å²) in [6.45, 7) is 10.4. The second-order valence-electron chi connectivity index (χ2n) is 5.36. The van der Waals surface area contributed by atoms with Gasteiger partial charge in [0.05, 0.1) is 11.4 Å². The third-order valence-electron chi connectivity index (χ3n) is 2.52. The summed E-state index contributed by atoms with van der Waals surface area (Å²) in [6.07, 6.45) is 0. The van der Waals surface area contributed by atoms with Crippen LogP contribution >= 0.6 is 11.9 Å². The summed E-state index contributed by atoms with van der Waals surface area (Å²) in [5, 5.41) is 5.02. The molecule has 1 aromatic carbocycles. The number of nitrogens with zero attached hydrogens (tertiary/aromatic N) is 2. The van der Waals surface area contributed by atoms with Crippen LogP contribution in [0.3, 0.4) is 0 Å². The molecule has 1 heterocycles. The normalized spacial score (nSPS) is 13.3. The first kappa shape index (κ1) is 13.1. The number of hydrogen-bond acceptors (Lipinski definition) is 4. The molecule has 0 atom stereocenters. The van der Waals surface area contributed by atoms with Crippen LogP contribution in [0.2, 0.25) is 0 Å². The summed E-state index contributed by atoms with van der Waals surface area (Å²) in [7, 11) is 0. The van der Waals surface area contributed by atoms with E-state index in [9.17, 15) is 0 Å². The van der Waals surface area contributed by atoms with Gasteiger partial charge in [-0.25, -0.2) is 4.40 Å². The molecule has 0 radical (unpaired) electrons. The Balaban J connectivity index is 2.33. The lowest BCUT2D eigenvalue weighted by atomic mass is 10.1. The molecule has 2 aromatic rings. The monoisotopic (exact) mass is 262 g/mol. The van der Waals surface area contributed by atoms with Crippen molar-refractivity contribution in [3.8, 4) is 0 Å². The molecule has 0 N–H and O–H groups in total. The molecule has 96 valence electrons. The number of fused-ring (bicyclic) bond motifs is 1. The predicted octanol–water partition coefficient (Wildman–Crippen LogP) is 4.39. The van der Waals surface area contributed by atoms with Gasteiger partial charge in [0.2, 0.25) is 0 Å². The van der Waals surface area contributed by atoms with Gasteiger partial charge in [-0.2, -0.15) is 0 Å².